The molecule has 9 heteroatoms. The Morgan fingerprint density at radius 1 is 1.04 bits per heavy atom. The number of aryl methyl sites for hydroxylation is 2. The molecular weight excluding hydrogens is 324 g/mol. The highest BCUT2D eigenvalue weighted by atomic mass is 32.2. The second-order valence-electron chi connectivity index (χ2n) is 5.29. The first-order chi connectivity index (χ1) is 11.7. The minimum Gasteiger partial charge on any atom is -0.259 e. The molecule has 4 rings (SSSR count). The molecule has 0 aliphatic rings. The lowest BCUT2D eigenvalue weighted by Gasteiger charge is -2.05. The molecule has 0 radical (unpaired) electrons. The van der Waals surface area contributed by atoms with Crippen LogP contribution in [0.25, 0.3) is 11.5 Å². The van der Waals surface area contributed by atoms with Gasteiger partial charge in [0.1, 0.15) is 0 Å². The third kappa shape index (κ3) is 2.62. The van der Waals surface area contributed by atoms with Crippen LogP contribution in [0, 0.1) is 13.8 Å². The Labute approximate surface area is 141 Å². The topological polar surface area (TPSA) is 86.7 Å². The van der Waals surface area contributed by atoms with Gasteiger partial charge in [-0.05, 0) is 42.5 Å². The van der Waals surface area contributed by atoms with Gasteiger partial charge in [0.2, 0.25) is 0 Å². The zero-order valence-electron chi connectivity index (χ0n) is 13.2. The van der Waals surface area contributed by atoms with Crippen LogP contribution in [0.3, 0.4) is 0 Å². The molecule has 8 nitrogen and oxygen atoms in total. The van der Waals surface area contributed by atoms with Crippen molar-refractivity contribution < 1.29 is 0 Å². The second-order valence-corrected chi connectivity index (χ2v) is 6.23. The zero-order chi connectivity index (χ0) is 16.5. The summed E-state index contributed by atoms with van der Waals surface area (Å²) in [6.07, 6.45) is 0. The fourth-order valence-electron chi connectivity index (χ4n) is 2.49. The lowest BCUT2D eigenvalue weighted by atomic mass is 10.3. The fraction of sp³-hybridized carbons (Fsp3) is 0.200. The Balaban J connectivity index is 1.62. The molecule has 120 valence electrons. The van der Waals surface area contributed by atoms with Gasteiger partial charge in [-0.3, -0.25) is 4.40 Å². The van der Waals surface area contributed by atoms with Gasteiger partial charge >= 0.3 is 0 Å². The number of rotatable bonds is 4. The van der Waals surface area contributed by atoms with Gasteiger partial charge in [0, 0.05) is 11.4 Å². The highest BCUT2D eigenvalue weighted by Crippen LogP contribution is 2.22. The molecule has 24 heavy (non-hydrogen) atoms. The summed E-state index contributed by atoms with van der Waals surface area (Å²) in [7, 11) is 0. The summed E-state index contributed by atoms with van der Waals surface area (Å²) in [6, 6.07) is 11.8. The summed E-state index contributed by atoms with van der Waals surface area (Å²) in [6.45, 7) is 3.96. The molecule has 0 spiro atoms. The predicted octanol–water partition coefficient (Wildman–Crippen LogP) is 2.01. The largest absolute Gasteiger partial charge is 0.259 e. The molecule has 0 amide bonds. The summed E-state index contributed by atoms with van der Waals surface area (Å²) < 4.78 is 3.67. The number of benzene rings is 1. The molecule has 0 unspecified atom stereocenters. The Morgan fingerprint density at radius 3 is 2.71 bits per heavy atom. The van der Waals surface area contributed by atoms with Crippen LogP contribution in [0.5, 0.6) is 0 Å². The zero-order valence-corrected chi connectivity index (χ0v) is 14.0. The average Bonchev–Trinajstić information content (AvgIpc) is 3.20. The summed E-state index contributed by atoms with van der Waals surface area (Å²) in [5.74, 6) is 1.94. The monoisotopic (exact) mass is 338 g/mol. The fourth-order valence-corrected chi connectivity index (χ4v) is 3.38. The maximum Gasteiger partial charge on any atom is 0.256 e. The van der Waals surface area contributed by atoms with Crippen molar-refractivity contribution in [3.63, 3.8) is 0 Å². The molecule has 3 aromatic heterocycles. The van der Waals surface area contributed by atoms with Crippen molar-refractivity contribution in [2.45, 2.75) is 24.8 Å². The van der Waals surface area contributed by atoms with Crippen molar-refractivity contribution in [2.75, 3.05) is 0 Å². The SMILES string of the molecule is Cc1cc(C)n2c(SCc3nnnn3-c3ccccc3)nnc2n1. The van der Waals surface area contributed by atoms with Gasteiger partial charge in [0.05, 0.1) is 11.4 Å². The van der Waals surface area contributed by atoms with E-state index in [1.54, 1.807) is 4.68 Å². The minimum atomic E-state index is 0.579. The quantitative estimate of drug-likeness (QED) is 0.526. The Kier molecular flexibility index (Phi) is 3.69. The normalized spacial score (nSPS) is 11.2. The predicted molar refractivity (Wildman–Crippen MR) is 89.0 cm³/mol. The van der Waals surface area contributed by atoms with E-state index in [9.17, 15) is 0 Å². The maximum absolute atomic E-state index is 4.40. The highest BCUT2D eigenvalue weighted by molar-refractivity contribution is 7.98. The summed E-state index contributed by atoms with van der Waals surface area (Å²) >= 11 is 1.53. The summed E-state index contributed by atoms with van der Waals surface area (Å²) in [5, 5.41) is 21.1. The van der Waals surface area contributed by atoms with E-state index < -0.39 is 0 Å². The first-order valence-corrected chi connectivity index (χ1v) is 8.36. The molecule has 0 atom stereocenters. The standard InChI is InChI=1S/C15H14N8S/c1-10-8-11(2)22-14(16-10)18-19-15(22)24-9-13-17-20-21-23(13)12-6-4-3-5-7-12/h3-8H,9H2,1-2H3. The lowest BCUT2D eigenvalue weighted by molar-refractivity contribution is 0.777. The molecule has 0 saturated heterocycles. The molecule has 0 N–H and O–H groups in total. The number of aromatic nitrogens is 8. The highest BCUT2D eigenvalue weighted by Gasteiger charge is 2.13. The van der Waals surface area contributed by atoms with Gasteiger partial charge in [-0.25, -0.2) is 4.98 Å². The minimum absolute atomic E-state index is 0.579. The molecule has 4 aromatic rings. The Morgan fingerprint density at radius 2 is 1.88 bits per heavy atom. The van der Waals surface area contributed by atoms with E-state index in [-0.39, 0.29) is 0 Å². The maximum atomic E-state index is 4.40. The van der Waals surface area contributed by atoms with Crippen LogP contribution in [-0.4, -0.2) is 39.8 Å². The number of tetrazole rings is 1. The van der Waals surface area contributed by atoms with E-state index >= 15 is 0 Å². The lowest BCUT2D eigenvalue weighted by Crippen LogP contribution is -2.02. The van der Waals surface area contributed by atoms with Crippen LogP contribution in [0.1, 0.15) is 17.2 Å². The number of hydrogen-bond donors (Lipinski definition) is 0. The Bertz CT molecular complexity index is 991. The third-order valence-electron chi connectivity index (χ3n) is 3.53. The second kappa shape index (κ2) is 6.00. The van der Waals surface area contributed by atoms with Crippen LogP contribution in [-0.2, 0) is 5.75 Å². The molecule has 0 saturated carbocycles. The molecule has 1 aromatic carbocycles. The molecule has 0 aliphatic carbocycles. The number of para-hydroxylation sites is 1. The Hall–Kier alpha value is -2.81. The number of hydrogen-bond acceptors (Lipinski definition) is 7. The van der Waals surface area contributed by atoms with Gasteiger partial charge in [-0.15, -0.1) is 15.3 Å². The van der Waals surface area contributed by atoms with Crippen molar-refractivity contribution in [3.05, 3.63) is 53.6 Å². The number of fused-ring (bicyclic) bond motifs is 1. The average molecular weight is 338 g/mol. The molecule has 0 fully saturated rings. The van der Waals surface area contributed by atoms with Crippen LogP contribution >= 0.6 is 11.8 Å². The van der Waals surface area contributed by atoms with E-state index in [1.165, 1.54) is 11.8 Å². The van der Waals surface area contributed by atoms with Crippen molar-refractivity contribution in [1.82, 2.24) is 39.8 Å². The van der Waals surface area contributed by atoms with Crippen LogP contribution in [0.4, 0.5) is 0 Å². The van der Waals surface area contributed by atoms with Gasteiger partial charge in [0.25, 0.3) is 5.78 Å². The summed E-state index contributed by atoms with van der Waals surface area (Å²) in [5.41, 5.74) is 2.90. The first kappa shape index (κ1) is 14.8. The van der Waals surface area contributed by atoms with Crippen molar-refractivity contribution in [1.29, 1.82) is 0 Å². The smallest absolute Gasteiger partial charge is 0.256 e. The van der Waals surface area contributed by atoms with E-state index in [1.807, 2.05) is 54.6 Å². The van der Waals surface area contributed by atoms with Crippen molar-refractivity contribution in [3.8, 4) is 5.69 Å². The van der Waals surface area contributed by atoms with Gasteiger partial charge in [-0.2, -0.15) is 4.68 Å². The molecule has 0 aliphatic heterocycles. The van der Waals surface area contributed by atoms with Crippen molar-refractivity contribution >= 4 is 17.5 Å². The molecular formula is C15H14N8S. The van der Waals surface area contributed by atoms with E-state index in [2.05, 4.69) is 30.7 Å². The van der Waals surface area contributed by atoms with E-state index in [0.29, 0.717) is 11.5 Å². The number of nitrogens with zero attached hydrogens (tertiary/aromatic N) is 8. The van der Waals surface area contributed by atoms with Crippen LogP contribution in [0.2, 0.25) is 0 Å². The van der Waals surface area contributed by atoms with Crippen LogP contribution < -0.4 is 0 Å². The van der Waals surface area contributed by atoms with E-state index in [0.717, 1.165) is 28.1 Å². The summed E-state index contributed by atoms with van der Waals surface area (Å²) in [4.78, 5) is 4.40. The molecule has 3 heterocycles. The van der Waals surface area contributed by atoms with E-state index in [4.69, 9.17) is 0 Å². The van der Waals surface area contributed by atoms with Gasteiger partial charge in [0.15, 0.2) is 11.0 Å². The number of thioether (sulfide) groups is 1. The third-order valence-corrected chi connectivity index (χ3v) is 4.45. The first-order valence-electron chi connectivity index (χ1n) is 7.37. The van der Waals surface area contributed by atoms with Gasteiger partial charge in [-0.1, -0.05) is 30.0 Å². The molecule has 0 bridgehead atoms. The van der Waals surface area contributed by atoms with Crippen LogP contribution in [0.15, 0.2) is 41.6 Å². The van der Waals surface area contributed by atoms with Crippen molar-refractivity contribution in [2.24, 2.45) is 0 Å². The van der Waals surface area contributed by atoms with Gasteiger partial charge < -0.3 is 0 Å².